The molecule has 4 heteroatoms. The Morgan fingerprint density at radius 1 is 0.255 bits per heavy atom. The smallest absolute Gasteiger partial charge is 0.167 e. The minimum atomic E-state index is 0.561. The summed E-state index contributed by atoms with van der Waals surface area (Å²) in [6.07, 6.45) is 0. The lowest BCUT2D eigenvalue weighted by molar-refractivity contribution is 0.670. The molecule has 11 aromatic rings. The molecule has 0 spiro atoms. The molecule has 0 aliphatic rings. The minimum Gasteiger partial charge on any atom is -0.455 e. The highest BCUT2D eigenvalue weighted by atomic mass is 16.3. The number of furan rings is 1. The van der Waals surface area contributed by atoms with Gasteiger partial charge in [-0.25, -0.2) is 15.0 Å². The molecule has 2 aromatic heterocycles. The molecule has 0 amide bonds. The van der Waals surface area contributed by atoms with Crippen molar-refractivity contribution in [2.24, 2.45) is 0 Å². The minimum absolute atomic E-state index is 0.561. The SMILES string of the molecule is c1ccc(-c2ccc(-c3nc(-c4ccccc4)nc(-c4cccc5c4oc4c(-c6ccc7c8ccccc8c8ccccc8c7c6)cccc45)n3)cc2)cc1. The van der Waals surface area contributed by atoms with Crippen LogP contribution in [0, 0.1) is 0 Å². The molecular formula is C51H31N3O. The topological polar surface area (TPSA) is 51.8 Å². The van der Waals surface area contributed by atoms with E-state index in [0.717, 1.165) is 60.9 Å². The maximum Gasteiger partial charge on any atom is 0.167 e. The molecule has 4 nitrogen and oxygen atoms in total. The average molecular weight is 702 g/mol. The van der Waals surface area contributed by atoms with Gasteiger partial charge < -0.3 is 4.42 Å². The van der Waals surface area contributed by atoms with Gasteiger partial charge in [-0.15, -0.1) is 0 Å². The second kappa shape index (κ2) is 12.6. The Morgan fingerprint density at radius 2 is 0.655 bits per heavy atom. The van der Waals surface area contributed by atoms with Crippen LogP contribution in [-0.2, 0) is 0 Å². The molecular weight excluding hydrogens is 671 g/mol. The zero-order valence-corrected chi connectivity index (χ0v) is 29.6. The molecule has 0 radical (unpaired) electrons. The van der Waals surface area contributed by atoms with Gasteiger partial charge in [0.05, 0.1) is 5.56 Å². The van der Waals surface area contributed by atoms with Crippen LogP contribution in [-0.4, -0.2) is 15.0 Å². The van der Waals surface area contributed by atoms with Crippen molar-refractivity contribution < 1.29 is 4.42 Å². The maximum absolute atomic E-state index is 6.95. The van der Waals surface area contributed by atoms with Crippen LogP contribution in [0.25, 0.3) is 111 Å². The summed E-state index contributed by atoms with van der Waals surface area (Å²) in [5, 5.41) is 9.56. The first kappa shape index (κ1) is 31.1. The zero-order chi connectivity index (χ0) is 36.3. The van der Waals surface area contributed by atoms with Crippen LogP contribution in [0.3, 0.4) is 0 Å². The van der Waals surface area contributed by atoms with E-state index in [-0.39, 0.29) is 0 Å². The molecule has 0 bridgehead atoms. The van der Waals surface area contributed by atoms with E-state index in [1.54, 1.807) is 0 Å². The van der Waals surface area contributed by atoms with E-state index >= 15 is 0 Å². The summed E-state index contributed by atoms with van der Waals surface area (Å²) in [6, 6.07) is 65.7. The monoisotopic (exact) mass is 701 g/mol. The molecule has 0 atom stereocenters. The van der Waals surface area contributed by atoms with Gasteiger partial charge in [0.15, 0.2) is 17.5 Å². The van der Waals surface area contributed by atoms with Crippen molar-refractivity contribution in [1.82, 2.24) is 15.0 Å². The summed E-state index contributed by atoms with van der Waals surface area (Å²) in [4.78, 5) is 15.2. The van der Waals surface area contributed by atoms with Crippen LogP contribution in [0.15, 0.2) is 192 Å². The molecule has 0 saturated heterocycles. The number of para-hydroxylation sites is 2. The second-order valence-electron chi connectivity index (χ2n) is 13.9. The van der Waals surface area contributed by atoms with Gasteiger partial charge in [0.1, 0.15) is 11.2 Å². The van der Waals surface area contributed by atoms with Gasteiger partial charge >= 0.3 is 0 Å². The third-order valence-electron chi connectivity index (χ3n) is 10.7. The Hall–Kier alpha value is -7.43. The largest absolute Gasteiger partial charge is 0.455 e. The average Bonchev–Trinajstić information content (AvgIpc) is 3.66. The van der Waals surface area contributed by atoms with E-state index in [0.29, 0.717) is 17.5 Å². The van der Waals surface area contributed by atoms with E-state index < -0.39 is 0 Å². The third-order valence-corrected chi connectivity index (χ3v) is 10.7. The molecule has 2 heterocycles. The Morgan fingerprint density at radius 3 is 1.27 bits per heavy atom. The van der Waals surface area contributed by atoms with E-state index in [1.165, 1.54) is 32.3 Å². The van der Waals surface area contributed by atoms with Gasteiger partial charge in [-0.2, -0.15) is 0 Å². The first-order chi connectivity index (χ1) is 27.3. The first-order valence-corrected chi connectivity index (χ1v) is 18.5. The predicted octanol–water partition coefficient (Wildman–Crippen LogP) is 13.6. The highest BCUT2D eigenvalue weighted by Crippen LogP contribution is 2.42. The van der Waals surface area contributed by atoms with Gasteiger partial charge in [0.25, 0.3) is 0 Å². The number of rotatable bonds is 5. The van der Waals surface area contributed by atoms with E-state index in [9.17, 15) is 0 Å². The Balaban J connectivity index is 1.09. The van der Waals surface area contributed by atoms with Crippen LogP contribution < -0.4 is 0 Å². The zero-order valence-electron chi connectivity index (χ0n) is 29.6. The van der Waals surface area contributed by atoms with Crippen molar-refractivity contribution in [3.8, 4) is 56.4 Å². The number of fused-ring (bicyclic) bond motifs is 9. The molecule has 0 saturated carbocycles. The van der Waals surface area contributed by atoms with Crippen molar-refractivity contribution in [2.75, 3.05) is 0 Å². The number of hydrogen-bond acceptors (Lipinski definition) is 4. The van der Waals surface area contributed by atoms with Crippen LogP contribution in [0.5, 0.6) is 0 Å². The molecule has 0 aliphatic heterocycles. The predicted molar refractivity (Wildman–Crippen MR) is 227 cm³/mol. The fourth-order valence-electron chi connectivity index (χ4n) is 8.08. The third kappa shape index (κ3) is 5.19. The molecule has 0 fully saturated rings. The second-order valence-corrected chi connectivity index (χ2v) is 13.9. The summed E-state index contributed by atoms with van der Waals surface area (Å²) >= 11 is 0. The standard InChI is InChI=1S/C51H31N3O/c1-3-13-32(14-4-1)33-25-27-35(28-26-33)50-52-49(34-15-5-2-6-16-34)53-51(54-50)45-24-12-23-44-43-22-11-21-37(47(43)55-48(44)45)36-29-30-42-40-19-8-7-17-38(40)39-18-9-10-20-41(39)46(42)31-36/h1-31H. The first-order valence-electron chi connectivity index (χ1n) is 18.5. The molecule has 11 rings (SSSR count). The lowest BCUT2D eigenvalue weighted by Crippen LogP contribution is -2.00. The maximum atomic E-state index is 6.95. The van der Waals surface area contributed by atoms with Crippen LogP contribution >= 0.6 is 0 Å². The number of nitrogens with zero attached hydrogens (tertiary/aromatic N) is 3. The Kier molecular flexibility index (Phi) is 7.14. The molecule has 0 aliphatic carbocycles. The Labute approximate surface area is 317 Å². The summed E-state index contributed by atoms with van der Waals surface area (Å²) in [7, 11) is 0. The van der Waals surface area contributed by atoms with Crippen LogP contribution in [0.2, 0.25) is 0 Å². The van der Waals surface area contributed by atoms with Crippen LogP contribution in [0.1, 0.15) is 0 Å². The molecule has 0 unspecified atom stereocenters. The summed E-state index contributed by atoms with van der Waals surface area (Å²) < 4.78 is 6.95. The number of aromatic nitrogens is 3. The van der Waals surface area contributed by atoms with Crippen molar-refractivity contribution in [2.45, 2.75) is 0 Å². The van der Waals surface area contributed by atoms with Crippen molar-refractivity contribution in [1.29, 1.82) is 0 Å². The van der Waals surface area contributed by atoms with Gasteiger partial charge in [-0.1, -0.05) is 176 Å². The fraction of sp³-hybridized carbons (Fsp3) is 0. The van der Waals surface area contributed by atoms with Gasteiger partial charge in [-0.05, 0) is 61.1 Å². The van der Waals surface area contributed by atoms with E-state index in [2.05, 4.69) is 146 Å². The summed E-state index contributed by atoms with van der Waals surface area (Å²) in [5.74, 6) is 1.77. The summed E-state index contributed by atoms with van der Waals surface area (Å²) in [6.45, 7) is 0. The van der Waals surface area contributed by atoms with Gasteiger partial charge in [0.2, 0.25) is 0 Å². The van der Waals surface area contributed by atoms with Crippen molar-refractivity contribution in [3.05, 3.63) is 188 Å². The fourth-order valence-corrected chi connectivity index (χ4v) is 8.08. The van der Waals surface area contributed by atoms with Gasteiger partial charge in [0, 0.05) is 27.5 Å². The van der Waals surface area contributed by atoms with E-state index in [4.69, 9.17) is 19.4 Å². The normalized spacial score (nSPS) is 11.6. The molecule has 256 valence electrons. The quantitative estimate of drug-likeness (QED) is 0.168. The lowest BCUT2D eigenvalue weighted by atomic mass is 9.92. The van der Waals surface area contributed by atoms with Crippen molar-refractivity contribution >= 4 is 54.3 Å². The highest BCUT2D eigenvalue weighted by molar-refractivity contribution is 6.26. The Bertz CT molecular complexity index is 3210. The summed E-state index contributed by atoms with van der Waals surface area (Å²) in [5.41, 5.74) is 8.68. The molecule has 9 aromatic carbocycles. The van der Waals surface area contributed by atoms with Gasteiger partial charge in [-0.3, -0.25) is 0 Å². The van der Waals surface area contributed by atoms with Crippen LogP contribution in [0.4, 0.5) is 0 Å². The number of hydrogen-bond donors (Lipinski definition) is 0. The highest BCUT2D eigenvalue weighted by Gasteiger charge is 2.20. The van der Waals surface area contributed by atoms with E-state index in [1.807, 2.05) is 42.5 Å². The number of benzene rings is 9. The van der Waals surface area contributed by atoms with Crippen molar-refractivity contribution in [3.63, 3.8) is 0 Å². The molecule has 0 N–H and O–H groups in total. The lowest BCUT2D eigenvalue weighted by Gasteiger charge is -2.12. The molecule has 55 heavy (non-hydrogen) atoms.